The Bertz CT molecular complexity index is 534. The van der Waals surface area contributed by atoms with Gasteiger partial charge in [-0.15, -0.1) is 0 Å². The zero-order valence-electron chi connectivity index (χ0n) is 10.4. The number of halogens is 2. The second-order valence-electron chi connectivity index (χ2n) is 4.53. The first-order valence-electron chi connectivity index (χ1n) is 6.25. The fraction of sp³-hybridized carbons (Fsp3) is 0.583. The number of sulfonamides is 1. The van der Waals surface area contributed by atoms with Gasteiger partial charge in [-0.2, -0.15) is 4.31 Å². The number of pyridine rings is 1. The minimum atomic E-state index is -3.84. The van der Waals surface area contributed by atoms with Crippen LogP contribution in [-0.4, -0.2) is 35.6 Å². The Kier molecular flexibility index (Phi) is 4.92. The van der Waals surface area contributed by atoms with Crippen molar-refractivity contribution in [3.8, 4) is 0 Å². The van der Waals surface area contributed by atoms with Gasteiger partial charge in [0.05, 0.1) is 0 Å². The molecule has 1 saturated carbocycles. The summed E-state index contributed by atoms with van der Waals surface area (Å²) in [6.07, 6.45) is 4.71. The number of hydrogen-bond donors (Lipinski definition) is 0. The molecule has 106 valence electrons. The van der Waals surface area contributed by atoms with Gasteiger partial charge in [0.15, 0.2) is 5.82 Å². The maximum absolute atomic E-state index is 13.7. The van der Waals surface area contributed by atoms with Crippen LogP contribution in [0.2, 0.25) is 0 Å². The van der Waals surface area contributed by atoms with Gasteiger partial charge < -0.3 is 0 Å². The van der Waals surface area contributed by atoms with Crippen LogP contribution in [0.1, 0.15) is 25.7 Å². The SMILES string of the molecule is O=S(=O)(c1ncccc1F)N(CCCBr)C1CCC1. The van der Waals surface area contributed by atoms with Crippen molar-refractivity contribution >= 4 is 26.0 Å². The highest BCUT2D eigenvalue weighted by Gasteiger charge is 2.36. The molecule has 0 amide bonds. The van der Waals surface area contributed by atoms with Crippen molar-refractivity contribution in [1.82, 2.24) is 9.29 Å². The Morgan fingerprint density at radius 2 is 2.21 bits per heavy atom. The summed E-state index contributed by atoms with van der Waals surface area (Å²) in [5, 5.41) is 0.257. The highest BCUT2D eigenvalue weighted by Crippen LogP contribution is 2.30. The van der Waals surface area contributed by atoms with E-state index in [1.807, 2.05) is 0 Å². The lowest BCUT2D eigenvalue weighted by Gasteiger charge is -2.36. The van der Waals surface area contributed by atoms with Crippen LogP contribution in [0.15, 0.2) is 23.4 Å². The average Bonchev–Trinajstić information content (AvgIpc) is 2.32. The van der Waals surface area contributed by atoms with Crippen molar-refractivity contribution in [3.05, 3.63) is 24.1 Å². The summed E-state index contributed by atoms with van der Waals surface area (Å²) in [5.41, 5.74) is 0. The quantitative estimate of drug-likeness (QED) is 0.740. The average molecular weight is 351 g/mol. The fourth-order valence-corrected chi connectivity index (χ4v) is 4.02. The Morgan fingerprint density at radius 3 is 2.74 bits per heavy atom. The van der Waals surface area contributed by atoms with E-state index in [0.717, 1.165) is 30.7 Å². The van der Waals surface area contributed by atoms with Crippen LogP contribution in [0.3, 0.4) is 0 Å². The molecule has 0 radical (unpaired) electrons. The summed E-state index contributed by atoms with van der Waals surface area (Å²) in [4.78, 5) is 3.70. The van der Waals surface area contributed by atoms with Crippen LogP contribution < -0.4 is 0 Å². The lowest BCUT2D eigenvalue weighted by molar-refractivity contribution is 0.219. The summed E-state index contributed by atoms with van der Waals surface area (Å²) in [6.45, 7) is 0.397. The Balaban J connectivity index is 2.31. The molecule has 0 atom stereocenters. The topological polar surface area (TPSA) is 50.3 Å². The summed E-state index contributed by atoms with van der Waals surface area (Å²) in [6, 6.07) is 2.51. The summed E-state index contributed by atoms with van der Waals surface area (Å²) in [7, 11) is -3.84. The molecule has 1 aliphatic rings. The smallest absolute Gasteiger partial charge is 0.241 e. The molecule has 0 N–H and O–H groups in total. The van der Waals surface area contributed by atoms with E-state index in [1.165, 1.54) is 16.6 Å². The molecule has 0 unspecified atom stereocenters. The Hall–Kier alpha value is -0.530. The molecule has 1 aromatic heterocycles. The van der Waals surface area contributed by atoms with Gasteiger partial charge in [-0.1, -0.05) is 22.4 Å². The molecule has 19 heavy (non-hydrogen) atoms. The third-order valence-electron chi connectivity index (χ3n) is 3.27. The maximum atomic E-state index is 13.7. The van der Waals surface area contributed by atoms with E-state index < -0.39 is 20.9 Å². The summed E-state index contributed by atoms with van der Waals surface area (Å²) < 4.78 is 40.1. The number of alkyl halides is 1. The van der Waals surface area contributed by atoms with Crippen LogP contribution in [-0.2, 0) is 10.0 Å². The standard InChI is InChI=1S/C12H16BrFN2O2S/c13-7-3-9-16(10-4-1-5-10)19(17,18)12-11(14)6-2-8-15-12/h2,6,8,10H,1,3-5,7,9H2. The Morgan fingerprint density at radius 1 is 1.47 bits per heavy atom. The van der Waals surface area contributed by atoms with E-state index >= 15 is 0 Å². The van der Waals surface area contributed by atoms with Crippen molar-refractivity contribution in [3.63, 3.8) is 0 Å². The minimum absolute atomic E-state index is 0.00884. The van der Waals surface area contributed by atoms with Crippen LogP contribution in [0, 0.1) is 5.82 Å². The summed E-state index contributed by atoms with van der Waals surface area (Å²) >= 11 is 3.29. The lowest BCUT2D eigenvalue weighted by atomic mass is 9.93. The molecule has 1 aromatic rings. The van der Waals surface area contributed by atoms with Gasteiger partial charge in [0.25, 0.3) is 10.0 Å². The predicted octanol–water partition coefficient (Wildman–Crippen LogP) is 2.55. The maximum Gasteiger partial charge on any atom is 0.263 e. The Labute approximate surface area is 121 Å². The van der Waals surface area contributed by atoms with Crippen LogP contribution in [0.5, 0.6) is 0 Å². The number of rotatable bonds is 6. The molecular weight excluding hydrogens is 335 g/mol. The number of aromatic nitrogens is 1. The van der Waals surface area contributed by atoms with Crippen molar-refractivity contribution in [2.75, 3.05) is 11.9 Å². The zero-order chi connectivity index (χ0) is 13.9. The highest BCUT2D eigenvalue weighted by molar-refractivity contribution is 9.09. The second-order valence-corrected chi connectivity index (χ2v) is 7.13. The highest BCUT2D eigenvalue weighted by atomic mass is 79.9. The minimum Gasteiger partial charge on any atom is -0.241 e. The molecule has 1 aliphatic carbocycles. The second kappa shape index (κ2) is 6.28. The van der Waals surface area contributed by atoms with E-state index in [4.69, 9.17) is 0 Å². The molecule has 4 nitrogen and oxygen atoms in total. The van der Waals surface area contributed by atoms with Gasteiger partial charge >= 0.3 is 0 Å². The zero-order valence-corrected chi connectivity index (χ0v) is 12.8. The molecule has 0 aromatic carbocycles. The first kappa shape index (κ1) is 14.9. The molecular formula is C12H16BrFN2O2S. The molecule has 0 bridgehead atoms. The van der Waals surface area contributed by atoms with Crippen LogP contribution in [0.25, 0.3) is 0 Å². The largest absolute Gasteiger partial charge is 0.263 e. The predicted molar refractivity (Wildman–Crippen MR) is 74.1 cm³/mol. The van der Waals surface area contributed by atoms with E-state index in [9.17, 15) is 12.8 Å². The normalized spacial score (nSPS) is 16.6. The van der Waals surface area contributed by atoms with E-state index in [1.54, 1.807) is 0 Å². The molecule has 1 heterocycles. The van der Waals surface area contributed by atoms with E-state index in [-0.39, 0.29) is 6.04 Å². The summed E-state index contributed by atoms with van der Waals surface area (Å²) in [5.74, 6) is -0.786. The third-order valence-corrected chi connectivity index (χ3v) is 5.72. The van der Waals surface area contributed by atoms with Gasteiger partial charge in [-0.05, 0) is 31.4 Å². The molecule has 7 heteroatoms. The first-order chi connectivity index (χ1) is 9.07. The third kappa shape index (κ3) is 3.14. The van der Waals surface area contributed by atoms with Crippen LogP contribution >= 0.6 is 15.9 Å². The fourth-order valence-electron chi connectivity index (χ4n) is 2.06. The first-order valence-corrected chi connectivity index (χ1v) is 8.82. The molecule has 0 saturated heterocycles. The van der Waals surface area contributed by atoms with Gasteiger partial charge in [0, 0.05) is 24.1 Å². The molecule has 2 rings (SSSR count). The molecule has 0 spiro atoms. The van der Waals surface area contributed by atoms with Gasteiger partial charge in [0.2, 0.25) is 5.03 Å². The van der Waals surface area contributed by atoms with Gasteiger partial charge in [-0.3, -0.25) is 0 Å². The van der Waals surface area contributed by atoms with Gasteiger partial charge in [-0.25, -0.2) is 17.8 Å². The van der Waals surface area contributed by atoms with E-state index in [2.05, 4.69) is 20.9 Å². The van der Waals surface area contributed by atoms with Crippen molar-refractivity contribution in [2.24, 2.45) is 0 Å². The number of nitrogens with zero attached hydrogens (tertiary/aromatic N) is 2. The van der Waals surface area contributed by atoms with E-state index in [0.29, 0.717) is 13.0 Å². The van der Waals surface area contributed by atoms with Crippen LogP contribution in [0.4, 0.5) is 4.39 Å². The number of hydrogen-bond acceptors (Lipinski definition) is 3. The van der Waals surface area contributed by atoms with Crippen molar-refractivity contribution in [2.45, 2.75) is 36.8 Å². The van der Waals surface area contributed by atoms with Gasteiger partial charge in [0.1, 0.15) is 0 Å². The molecule has 1 fully saturated rings. The monoisotopic (exact) mass is 350 g/mol. The molecule has 0 aliphatic heterocycles. The van der Waals surface area contributed by atoms with Crippen molar-refractivity contribution in [1.29, 1.82) is 0 Å². The lowest BCUT2D eigenvalue weighted by Crippen LogP contribution is -2.45. The van der Waals surface area contributed by atoms with Crippen molar-refractivity contribution < 1.29 is 12.8 Å².